The van der Waals surface area contributed by atoms with Crippen LogP contribution in [0.2, 0.25) is 0 Å². The van der Waals surface area contributed by atoms with E-state index in [1.54, 1.807) is 14.2 Å². The Labute approximate surface area is 116 Å². The SMILES string of the molecule is COc1cc(C)c(NC2CCCCCC2)cc1OC. The second-order valence-corrected chi connectivity index (χ2v) is 5.35. The summed E-state index contributed by atoms with van der Waals surface area (Å²) in [4.78, 5) is 0. The molecule has 0 bridgehead atoms. The maximum atomic E-state index is 5.38. The van der Waals surface area contributed by atoms with Crippen LogP contribution in [-0.4, -0.2) is 20.3 Å². The second-order valence-electron chi connectivity index (χ2n) is 5.35. The third-order valence-corrected chi connectivity index (χ3v) is 3.95. The molecule has 1 fully saturated rings. The molecule has 1 saturated carbocycles. The van der Waals surface area contributed by atoms with Crippen LogP contribution in [0.3, 0.4) is 0 Å². The van der Waals surface area contributed by atoms with Crippen LogP contribution in [0.4, 0.5) is 5.69 Å². The highest BCUT2D eigenvalue weighted by molar-refractivity contribution is 5.60. The van der Waals surface area contributed by atoms with E-state index in [1.165, 1.54) is 49.8 Å². The fourth-order valence-corrected chi connectivity index (χ4v) is 2.78. The van der Waals surface area contributed by atoms with Gasteiger partial charge in [-0.2, -0.15) is 0 Å². The number of anilines is 1. The van der Waals surface area contributed by atoms with E-state index in [1.807, 2.05) is 6.07 Å². The number of ether oxygens (including phenoxy) is 2. The molecule has 1 aromatic rings. The lowest BCUT2D eigenvalue weighted by molar-refractivity contribution is 0.355. The first-order chi connectivity index (χ1) is 9.24. The lowest BCUT2D eigenvalue weighted by atomic mass is 10.1. The first-order valence-corrected chi connectivity index (χ1v) is 7.23. The molecule has 1 aliphatic rings. The molecular weight excluding hydrogens is 238 g/mol. The third kappa shape index (κ3) is 3.55. The average molecular weight is 263 g/mol. The van der Waals surface area contributed by atoms with Gasteiger partial charge >= 0.3 is 0 Å². The Balaban J connectivity index is 2.14. The van der Waals surface area contributed by atoms with Crippen molar-refractivity contribution in [2.75, 3.05) is 19.5 Å². The number of rotatable bonds is 4. The predicted molar refractivity (Wildman–Crippen MR) is 79.4 cm³/mol. The normalized spacial score (nSPS) is 16.8. The quantitative estimate of drug-likeness (QED) is 0.828. The predicted octanol–water partition coefficient (Wildman–Crippen LogP) is 4.15. The monoisotopic (exact) mass is 263 g/mol. The van der Waals surface area contributed by atoms with Crippen molar-refractivity contribution in [3.63, 3.8) is 0 Å². The Bertz CT molecular complexity index is 409. The van der Waals surface area contributed by atoms with E-state index < -0.39 is 0 Å². The van der Waals surface area contributed by atoms with Gasteiger partial charge in [-0.15, -0.1) is 0 Å². The average Bonchev–Trinajstić information content (AvgIpc) is 2.69. The Morgan fingerprint density at radius 3 is 2.11 bits per heavy atom. The maximum absolute atomic E-state index is 5.38. The minimum Gasteiger partial charge on any atom is -0.493 e. The van der Waals surface area contributed by atoms with E-state index in [2.05, 4.69) is 18.3 Å². The van der Waals surface area contributed by atoms with Gasteiger partial charge in [0.2, 0.25) is 0 Å². The summed E-state index contributed by atoms with van der Waals surface area (Å²) in [5.74, 6) is 1.59. The molecule has 0 aliphatic heterocycles. The molecule has 0 aromatic heterocycles. The molecule has 0 amide bonds. The summed E-state index contributed by atoms with van der Waals surface area (Å²) < 4.78 is 10.7. The van der Waals surface area contributed by atoms with Crippen LogP contribution >= 0.6 is 0 Å². The van der Waals surface area contributed by atoms with E-state index in [9.17, 15) is 0 Å². The number of nitrogens with one attached hydrogen (secondary N) is 1. The molecule has 1 aromatic carbocycles. The number of benzene rings is 1. The Morgan fingerprint density at radius 1 is 0.947 bits per heavy atom. The summed E-state index contributed by atoms with van der Waals surface area (Å²) in [5.41, 5.74) is 2.38. The highest BCUT2D eigenvalue weighted by Crippen LogP contribution is 2.34. The van der Waals surface area contributed by atoms with Gasteiger partial charge in [-0.05, 0) is 31.4 Å². The van der Waals surface area contributed by atoms with Gasteiger partial charge in [0.1, 0.15) is 0 Å². The molecule has 0 heterocycles. The third-order valence-electron chi connectivity index (χ3n) is 3.95. The Kier molecular flexibility index (Phi) is 4.94. The van der Waals surface area contributed by atoms with Gasteiger partial charge < -0.3 is 14.8 Å². The van der Waals surface area contributed by atoms with Gasteiger partial charge in [-0.1, -0.05) is 25.7 Å². The van der Waals surface area contributed by atoms with Crippen molar-refractivity contribution in [3.05, 3.63) is 17.7 Å². The molecule has 0 radical (unpaired) electrons. The number of hydrogen-bond donors (Lipinski definition) is 1. The molecule has 2 rings (SSSR count). The summed E-state index contributed by atoms with van der Waals surface area (Å²) in [5, 5.41) is 3.68. The summed E-state index contributed by atoms with van der Waals surface area (Å²) >= 11 is 0. The number of hydrogen-bond acceptors (Lipinski definition) is 3. The van der Waals surface area contributed by atoms with Gasteiger partial charge in [-0.3, -0.25) is 0 Å². The van der Waals surface area contributed by atoms with Gasteiger partial charge in [0.25, 0.3) is 0 Å². The van der Waals surface area contributed by atoms with E-state index in [4.69, 9.17) is 9.47 Å². The molecule has 1 N–H and O–H groups in total. The zero-order valence-corrected chi connectivity index (χ0v) is 12.3. The summed E-state index contributed by atoms with van der Waals surface area (Å²) in [6, 6.07) is 4.69. The molecular formula is C16H25NO2. The van der Waals surface area contributed by atoms with Crippen molar-refractivity contribution in [3.8, 4) is 11.5 Å². The topological polar surface area (TPSA) is 30.5 Å². The van der Waals surface area contributed by atoms with E-state index >= 15 is 0 Å². The first-order valence-electron chi connectivity index (χ1n) is 7.23. The first kappa shape index (κ1) is 14.0. The van der Waals surface area contributed by atoms with Gasteiger partial charge in [-0.25, -0.2) is 0 Å². The second kappa shape index (κ2) is 6.69. The van der Waals surface area contributed by atoms with Gasteiger partial charge in [0.15, 0.2) is 11.5 Å². The number of aryl methyl sites for hydroxylation is 1. The van der Waals surface area contributed by atoms with Crippen LogP contribution in [0.15, 0.2) is 12.1 Å². The maximum Gasteiger partial charge on any atom is 0.162 e. The highest BCUT2D eigenvalue weighted by atomic mass is 16.5. The van der Waals surface area contributed by atoms with Crippen molar-refractivity contribution in [2.45, 2.75) is 51.5 Å². The van der Waals surface area contributed by atoms with Crippen LogP contribution in [-0.2, 0) is 0 Å². The van der Waals surface area contributed by atoms with Crippen molar-refractivity contribution in [1.82, 2.24) is 0 Å². The van der Waals surface area contributed by atoms with Gasteiger partial charge in [0, 0.05) is 17.8 Å². The molecule has 0 atom stereocenters. The minimum atomic E-state index is 0.597. The number of methoxy groups -OCH3 is 2. The van der Waals surface area contributed by atoms with Crippen LogP contribution in [0.1, 0.15) is 44.1 Å². The summed E-state index contributed by atoms with van der Waals surface area (Å²) in [6.07, 6.45) is 7.97. The molecule has 0 unspecified atom stereocenters. The van der Waals surface area contributed by atoms with Crippen LogP contribution < -0.4 is 14.8 Å². The zero-order chi connectivity index (χ0) is 13.7. The Hall–Kier alpha value is -1.38. The molecule has 106 valence electrons. The zero-order valence-electron chi connectivity index (χ0n) is 12.3. The standard InChI is InChI=1S/C16H25NO2/c1-12-10-15(18-2)16(19-3)11-14(12)17-13-8-6-4-5-7-9-13/h10-11,13,17H,4-9H2,1-3H3. The van der Waals surface area contributed by atoms with Crippen molar-refractivity contribution in [2.24, 2.45) is 0 Å². The van der Waals surface area contributed by atoms with Crippen molar-refractivity contribution >= 4 is 5.69 Å². The lowest BCUT2D eigenvalue weighted by Gasteiger charge is -2.20. The van der Waals surface area contributed by atoms with Crippen LogP contribution in [0.25, 0.3) is 0 Å². The van der Waals surface area contributed by atoms with Gasteiger partial charge in [0.05, 0.1) is 14.2 Å². The van der Waals surface area contributed by atoms with Crippen LogP contribution in [0, 0.1) is 6.92 Å². The van der Waals surface area contributed by atoms with Crippen molar-refractivity contribution < 1.29 is 9.47 Å². The molecule has 19 heavy (non-hydrogen) atoms. The van der Waals surface area contributed by atoms with E-state index in [0.29, 0.717) is 6.04 Å². The summed E-state index contributed by atoms with van der Waals surface area (Å²) in [7, 11) is 3.36. The fourth-order valence-electron chi connectivity index (χ4n) is 2.78. The van der Waals surface area contributed by atoms with Crippen molar-refractivity contribution in [1.29, 1.82) is 0 Å². The molecule has 3 nitrogen and oxygen atoms in total. The Morgan fingerprint density at radius 2 is 1.53 bits per heavy atom. The van der Waals surface area contributed by atoms with E-state index in [0.717, 1.165) is 11.5 Å². The molecule has 0 saturated heterocycles. The molecule has 3 heteroatoms. The molecule has 0 spiro atoms. The van der Waals surface area contributed by atoms with Crippen LogP contribution in [0.5, 0.6) is 11.5 Å². The smallest absolute Gasteiger partial charge is 0.162 e. The highest BCUT2D eigenvalue weighted by Gasteiger charge is 2.14. The minimum absolute atomic E-state index is 0.597. The largest absolute Gasteiger partial charge is 0.493 e. The molecule has 1 aliphatic carbocycles. The summed E-state index contributed by atoms with van der Waals surface area (Å²) in [6.45, 7) is 2.11. The fraction of sp³-hybridized carbons (Fsp3) is 0.625. The van der Waals surface area contributed by atoms with E-state index in [-0.39, 0.29) is 0 Å². The lowest BCUT2D eigenvalue weighted by Crippen LogP contribution is -2.18.